The molecule has 6 heteroatoms. The smallest absolute Gasteiger partial charge is 0.251 e. The van der Waals surface area contributed by atoms with E-state index in [1.165, 1.54) is 12.1 Å². The summed E-state index contributed by atoms with van der Waals surface area (Å²) < 4.78 is 13.4. The van der Waals surface area contributed by atoms with Crippen molar-refractivity contribution in [2.45, 2.75) is 26.2 Å². The van der Waals surface area contributed by atoms with Crippen LogP contribution >= 0.6 is 0 Å². The van der Waals surface area contributed by atoms with Gasteiger partial charge in [-0.15, -0.1) is 0 Å². The number of nitrogens with one attached hydrogen (secondary N) is 2. The molecule has 1 heterocycles. The molecule has 1 aromatic heterocycles. The van der Waals surface area contributed by atoms with E-state index in [1.807, 2.05) is 12.1 Å². The predicted octanol–water partition coefficient (Wildman–Crippen LogP) is 4.95. The van der Waals surface area contributed by atoms with Crippen molar-refractivity contribution in [3.63, 3.8) is 0 Å². The van der Waals surface area contributed by atoms with Crippen LogP contribution < -0.4 is 10.6 Å². The summed E-state index contributed by atoms with van der Waals surface area (Å²) in [4.78, 5) is 20.8. The van der Waals surface area contributed by atoms with Gasteiger partial charge in [-0.2, -0.15) is 0 Å². The van der Waals surface area contributed by atoms with Gasteiger partial charge in [0.15, 0.2) is 0 Å². The fraction of sp³-hybridized carbons (Fsp3) is 0.227. The lowest BCUT2D eigenvalue weighted by Crippen LogP contribution is -2.24. The Balaban J connectivity index is 1.64. The Bertz CT molecular complexity index is 928. The highest BCUT2D eigenvalue weighted by atomic mass is 19.1. The zero-order chi connectivity index (χ0) is 19.8. The minimum atomic E-state index is -0.301. The molecule has 5 nitrogen and oxygen atoms in total. The second kappa shape index (κ2) is 9.60. The van der Waals surface area contributed by atoms with Gasteiger partial charge in [0.1, 0.15) is 5.82 Å². The van der Waals surface area contributed by atoms with Crippen LogP contribution in [-0.4, -0.2) is 22.4 Å². The second-order valence-corrected chi connectivity index (χ2v) is 6.47. The summed E-state index contributed by atoms with van der Waals surface area (Å²) in [5.41, 5.74) is 2.75. The first-order valence-corrected chi connectivity index (χ1v) is 9.39. The number of benzene rings is 2. The van der Waals surface area contributed by atoms with Crippen LogP contribution in [0.5, 0.6) is 0 Å². The van der Waals surface area contributed by atoms with Gasteiger partial charge < -0.3 is 10.6 Å². The van der Waals surface area contributed by atoms with Crippen molar-refractivity contribution in [3.8, 4) is 11.1 Å². The minimum absolute atomic E-state index is 0.0953. The SMILES string of the molecule is CCCCCNC(=O)c1cccc(Nc2ncc(-c3cccc(F)c3)cn2)c1. The first-order valence-electron chi connectivity index (χ1n) is 9.39. The van der Waals surface area contributed by atoms with Crippen molar-refractivity contribution in [2.75, 3.05) is 11.9 Å². The van der Waals surface area contributed by atoms with Crippen molar-refractivity contribution < 1.29 is 9.18 Å². The molecule has 3 rings (SSSR count). The Hall–Kier alpha value is -3.28. The van der Waals surface area contributed by atoms with Crippen LogP contribution in [0.3, 0.4) is 0 Å². The van der Waals surface area contributed by atoms with E-state index >= 15 is 0 Å². The molecule has 0 radical (unpaired) electrons. The summed E-state index contributed by atoms with van der Waals surface area (Å²) >= 11 is 0. The lowest BCUT2D eigenvalue weighted by Gasteiger charge is -2.09. The molecule has 0 unspecified atom stereocenters. The summed E-state index contributed by atoms with van der Waals surface area (Å²) in [5.74, 6) is 0.00673. The van der Waals surface area contributed by atoms with Crippen LogP contribution in [0.25, 0.3) is 11.1 Å². The maximum absolute atomic E-state index is 13.4. The van der Waals surface area contributed by atoms with E-state index in [4.69, 9.17) is 0 Å². The fourth-order valence-corrected chi connectivity index (χ4v) is 2.76. The third kappa shape index (κ3) is 5.36. The molecule has 0 fully saturated rings. The summed E-state index contributed by atoms with van der Waals surface area (Å²) in [6, 6.07) is 13.5. The number of amides is 1. The Morgan fingerprint density at radius 2 is 1.79 bits per heavy atom. The third-order valence-electron chi connectivity index (χ3n) is 4.26. The molecule has 0 bridgehead atoms. The number of hydrogen-bond acceptors (Lipinski definition) is 4. The molecule has 0 aliphatic carbocycles. The molecule has 28 heavy (non-hydrogen) atoms. The van der Waals surface area contributed by atoms with Crippen molar-refractivity contribution in [1.82, 2.24) is 15.3 Å². The van der Waals surface area contributed by atoms with Crippen LogP contribution in [0.15, 0.2) is 60.9 Å². The summed E-state index contributed by atoms with van der Waals surface area (Å²) in [6.07, 6.45) is 6.46. The lowest BCUT2D eigenvalue weighted by molar-refractivity contribution is 0.0953. The molecule has 3 aromatic rings. The van der Waals surface area contributed by atoms with E-state index in [-0.39, 0.29) is 11.7 Å². The average molecular weight is 378 g/mol. The summed E-state index contributed by atoms with van der Waals surface area (Å²) in [6.45, 7) is 2.80. The molecule has 2 N–H and O–H groups in total. The van der Waals surface area contributed by atoms with Crippen LogP contribution in [0.4, 0.5) is 16.0 Å². The van der Waals surface area contributed by atoms with Gasteiger partial charge in [0.25, 0.3) is 5.91 Å². The van der Waals surface area contributed by atoms with Crippen molar-refractivity contribution in [3.05, 3.63) is 72.3 Å². The highest BCUT2D eigenvalue weighted by Crippen LogP contribution is 2.20. The Labute approximate surface area is 164 Å². The van der Waals surface area contributed by atoms with E-state index in [9.17, 15) is 9.18 Å². The largest absolute Gasteiger partial charge is 0.352 e. The first-order chi connectivity index (χ1) is 13.7. The van der Waals surface area contributed by atoms with E-state index in [0.29, 0.717) is 23.6 Å². The Morgan fingerprint density at radius 1 is 1.00 bits per heavy atom. The highest BCUT2D eigenvalue weighted by Gasteiger charge is 2.07. The van der Waals surface area contributed by atoms with Gasteiger partial charge in [0.2, 0.25) is 5.95 Å². The van der Waals surface area contributed by atoms with Crippen molar-refractivity contribution in [1.29, 1.82) is 0 Å². The van der Waals surface area contributed by atoms with E-state index in [1.54, 1.807) is 36.7 Å². The minimum Gasteiger partial charge on any atom is -0.352 e. The number of carbonyl (C=O) groups is 1. The van der Waals surface area contributed by atoms with Gasteiger partial charge in [-0.3, -0.25) is 4.79 Å². The quantitative estimate of drug-likeness (QED) is 0.545. The number of carbonyl (C=O) groups excluding carboxylic acids is 1. The second-order valence-electron chi connectivity index (χ2n) is 6.47. The molecule has 0 saturated heterocycles. The number of rotatable bonds is 8. The summed E-state index contributed by atoms with van der Waals surface area (Å²) in [7, 11) is 0. The maximum atomic E-state index is 13.4. The molecule has 144 valence electrons. The van der Waals surface area contributed by atoms with E-state index < -0.39 is 0 Å². The number of nitrogens with zero attached hydrogens (tertiary/aromatic N) is 2. The Morgan fingerprint density at radius 3 is 2.54 bits per heavy atom. The van der Waals surface area contributed by atoms with Crippen LogP contribution in [0, 0.1) is 5.82 Å². The van der Waals surface area contributed by atoms with Gasteiger partial charge in [0.05, 0.1) is 0 Å². The summed E-state index contributed by atoms with van der Waals surface area (Å²) in [5, 5.41) is 6.02. The van der Waals surface area contributed by atoms with Gasteiger partial charge in [0, 0.05) is 35.8 Å². The van der Waals surface area contributed by atoms with Crippen LogP contribution in [0.1, 0.15) is 36.5 Å². The zero-order valence-corrected chi connectivity index (χ0v) is 15.8. The van der Waals surface area contributed by atoms with Gasteiger partial charge in [-0.05, 0) is 42.3 Å². The maximum Gasteiger partial charge on any atom is 0.251 e. The van der Waals surface area contributed by atoms with Gasteiger partial charge >= 0.3 is 0 Å². The lowest BCUT2D eigenvalue weighted by atomic mass is 10.1. The molecule has 1 amide bonds. The molecule has 2 aromatic carbocycles. The molecule has 0 saturated carbocycles. The number of halogens is 1. The topological polar surface area (TPSA) is 66.9 Å². The van der Waals surface area contributed by atoms with Crippen molar-refractivity contribution >= 4 is 17.5 Å². The molecule has 0 spiro atoms. The standard InChI is InChI=1S/C22H23FN4O/c1-2-3-4-11-24-21(28)17-8-6-10-20(13-17)27-22-25-14-18(15-26-22)16-7-5-9-19(23)12-16/h5-10,12-15H,2-4,11H2,1H3,(H,24,28)(H,25,26,27). The monoisotopic (exact) mass is 378 g/mol. The number of aromatic nitrogens is 2. The molecular weight excluding hydrogens is 355 g/mol. The first kappa shape index (κ1) is 19.5. The Kier molecular flexibility index (Phi) is 6.68. The van der Waals surface area contributed by atoms with E-state index in [2.05, 4.69) is 27.5 Å². The predicted molar refractivity (Wildman–Crippen MR) is 109 cm³/mol. The zero-order valence-electron chi connectivity index (χ0n) is 15.8. The average Bonchev–Trinajstić information content (AvgIpc) is 2.72. The highest BCUT2D eigenvalue weighted by molar-refractivity contribution is 5.95. The molecule has 0 atom stereocenters. The molecule has 0 aliphatic rings. The van der Waals surface area contributed by atoms with Crippen LogP contribution in [-0.2, 0) is 0 Å². The normalized spacial score (nSPS) is 10.5. The molecular formula is C22H23FN4O. The number of hydrogen-bond donors (Lipinski definition) is 2. The molecule has 0 aliphatic heterocycles. The fourth-order valence-electron chi connectivity index (χ4n) is 2.76. The van der Waals surface area contributed by atoms with E-state index in [0.717, 1.165) is 30.5 Å². The number of anilines is 2. The van der Waals surface area contributed by atoms with Crippen molar-refractivity contribution in [2.24, 2.45) is 0 Å². The van der Waals surface area contributed by atoms with Gasteiger partial charge in [-0.25, -0.2) is 14.4 Å². The third-order valence-corrected chi connectivity index (χ3v) is 4.26. The van der Waals surface area contributed by atoms with Gasteiger partial charge in [-0.1, -0.05) is 38.0 Å². The number of unbranched alkanes of at least 4 members (excludes halogenated alkanes) is 2. The van der Waals surface area contributed by atoms with Crippen LogP contribution in [0.2, 0.25) is 0 Å².